The standard InChI is InChI=1S/C75H132N12O15/c1-21-55-66(92)76-52(34-44(2)3)70(96)85(18)60(38-48(10)11)74(100)84(17)58(40-50-28-24-22-25-29-50)68(94)77-53(39-51-30-31-61(89)62(41-51)102-20)71(97)86(19)59(37-47(8)9)73(99)83(16)57(36-46(6)7)69(95)79-65(49(12)88)75(101)80(13)43-64(91)82(15)56(35-45(4)5)67(93)78-54(42-63(90)81(55)14)72(98)87-32-26-23-27-33-87/h44-62,65,88-89H,21-43H2,1-20H3,(H,76,92)(H,77,94)(H,78,93)(H,79,95)/t49-,51?,52+,53+,54+,55+,56+,57+,58+,59+,60+,61?,62?,65+/m1/s1. The molecule has 2 saturated heterocycles. The Morgan fingerprint density at radius 2 is 0.892 bits per heavy atom. The van der Waals surface area contributed by atoms with Crippen LogP contribution in [0.15, 0.2) is 0 Å². The Bertz CT molecular complexity index is 2810. The first-order valence-corrected chi connectivity index (χ1v) is 38.0. The fraction of sp³-hybridized carbons (Fsp3) is 0.840. The third kappa shape index (κ3) is 25.1. The van der Waals surface area contributed by atoms with Crippen LogP contribution in [-0.2, 0) is 62.3 Å². The second kappa shape index (κ2) is 41.3. The Balaban J connectivity index is 1.99. The number of aliphatic hydroxyl groups is 2. The van der Waals surface area contributed by atoms with Crippen LogP contribution in [0.1, 0.15) is 212 Å². The first-order chi connectivity index (χ1) is 47.8. The topological polar surface area (TPSA) is 329 Å². The van der Waals surface area contributed by atoms with E-state index in [1.54, 1.807) is 11.8 Å². The molecule has 2 aliphatic heterocycles. The quantitative estimate of drug-likeness (QED) is 0.111. The van der Waals surface area contributed by atoms with Gasteiger partial charge in [0.25, 0.3) is 0 Å². The van der Waals surface area contributed by atoms with Crippen LogP contribution in [-0.4, -0.2) is 275 Å². The fourth-order valence-corrected chi connectivity index (χ4v) is 15.1. The fourth-order valence-electron chi connectivity index (χ4n) is 15.1. The number of carbonyl (C=O) groups is 12. The number of ether oxygens (including phenoxy) is 1. The maximum absolute atomic E-state index is 15.7. The van der Waals surface area contributed by atoms with E-state index in [-0.39, 0.29) is 92.8 Å². The summed E-state index contributed by atoms with van der Waals surface area (Å²) in [4.78, 5) is 191. The summed E-state index contributed by atoms with van der Waals surface area (Å²) in [5.41, 5.74) is 0. The van der Waals surface area contributed by atoms with Gasteiger partial charge in [-0.1, -0.05) is 108 Å². The lowest BCUT2D eigenvalue weighted by atomic mass is 9.81. The highest BCUT2D eigenvalue weighted by Crippen LogP contribution is 2.33. The van der Waals surface area contributed by atoms with E-state index in [0.29, 0.717) is 45.2 Å². The minimum atomic E-state index is -1.66. The van der Waals surface area contributed by atoms with Crippen LogP contribution in [0.25, 0.3) is 0 Å². The average Bonchev–Trinajstić information content (AvgIpc) is 0.811. The van der Waals surface area contributed by atoms with E-state index in [1.165, 1.54) is 87.9 Å². The van der Waals surface area contributed by atoms with E-state index < -0.39 is 163 Å². The highest BCUT2D eigenvalue weighted by Gasteiger charge is 2.45. The third-order valence-corrected chi connectivity index (χ3v) is 21.3. The maximum Gasteiger partial charge on any atom is 0.248 e. The number of piperidine rings is 1. The summed E-state index contributed by atoms with van der Waals surface area (Å²) in [6.07, 6.45) is 5.16. The minimum Gasteiger partial charge on any atom is -0.391 e. The molecule has 0 aromatic heterocycles. The van der Waals surface area contributed by atoms with Crippen molar-refractivity contribution < 1.29 is 72.5 Å². The van der Waals surface area contributed by atoms with Crippen LogP contribution < -0.4 is 21.3 Å². The zero-order valence-corrected chi connectivity index (χ0v) is 65.6. The lowest BCUT2D eigenvalue weighted by Gasteiger charge is -2.40. The summed E-state index contributed by atoms with van der Waals surface area (Å²) in [7, 11) is 11.5. The van der Waals surface area contributed by atoms with Gasteiger partial charge in [-0.15, -0.1) is 0 Å². The summed E-state index contributed by atoms with van der Waals surface area (Å²) in [5, 5.41) is 33.8. The van der Waals surface area contributed by atoms with Crippen molar-refractivity contribution >= 4 is 70.9 Å². The van der Waals surface area contributed by atoms with Gasteiger partial charge in [-0.05, 0) is 138 Å². The molecule has 4 rings (SSSR count). The molecule has 14 atom stereocenters. The monoisotopic (exact) mass is 1440 g/mol. The average molecular weight is 1440 g/mol. The van der Waals surface area contributed by atoms with E-state index in [9.17, 15) is 43.8 Å². The second-order valence-corrected chi connectivity index (χ2v) is 32.1. The zero-order chi connectivity index (χ0) is 76.9. The van der Waals surface area contributed by atoms with Gasteiger partial charge in [-0.25, -0.2) is 0 Å². The predicted molar refractivity (Wildman–Crippen MR) is 389 cm³/mol. The molecule has 2 saturated carbocycles. The van der Waals surface area contributed by atoms with Crippen molar-refractivity contribution in [1.82, 2.24) is 60.5 Å². The Morgan fingerprint density at radius 3 is 1.39 bits per heavy atom. The maximum atomic E-state index is 15.7. The van der Waals surface area contributed by atoms with Crippen molar-refractivity contribution in [3.63, 3.8) is 0 Å². The third-order valence-electron chi connectivity index (χ3n) is 21.3. The van der Waals surface area contributed by atoms with Crippen molar-refractivity contribution in [3.05, 3.63) is 0 Å². The molecule has 102 heavy (non-hydrogen) atoms. The Hall–Kier alpha value is -6.48. The van der Waals surface area contributed by atoms with E-state index in [4.69, 9.17) is 4.74 Å². The number of likely N-dealkylation sites (N-methyl/N-ethyl adjacent to an activating group) is 7. The summed E-state index contributed by atoms with van der Waals surface area (Å²) in [5.74, 6) is -9.40. The van der Waals surface area contributed by atoms with Crippen LogP contribution >= 0.6 is 0 Å². The molecule has 27 nitrogen and oxygen atoms in total. The summed E-state index contributed by atoms with van der Waals surface area (Å²) in [6.45, 7) is 21.8. The number of nitrogens with one attached hydrogen (secondary N) is 4. The second-order valence-electron chi connectivity index (χ2n) is 32.1. The highest BCUT2D eigenvalue weighted by atomic mass is 16.5. The molecule has 0 spiro atoms. The summed E-state index contributed by atoms with van der Waals surface area (Å²) < 4.78 is 5.71. The van der Waals surface area contributed by atoms with Gasteiger partial charge in [0.2, 0.25) is 70.9 Å². The number of nitrogens with zero attached hydrogens (tertiary/aromatic N) is 8. The van der Waals surface area contributed by atoms with Crippen LogP contribution in [0.3, 0.4) is 0 Å². The van der Waals surface area contributed by atoms with Crippen molar-refractivity contribution in [2.24, 2.45) is 41.4 Å². The van der Waals surface area contributed by atoms with Gasteiger partial charge in [0, 0.05) is 69.5 Å². The number of likely N-dealkylation sites (tertiary alicyclic amines) is 1. The van der Waals surface area contributed by atoms with Gasteiger partial charge in [-0.3, -0.25) is 57.5 Å². The van der Waals surface area contributed by atoms with Gasteiger partial charge in [-0.2, -0.15) is 0 Å². The normalized spacial score (nSPS) is 29.1. The van der Waals surface area contributed by atoms with E-state index in [2.05, 4.69) is 21.3 Å². The predicted octanol–water partition coefficient (Wildman–Crippen LogP) is 4.32. The molecule has 582 valence electrons. The number of carbonyl (C=O) groups excluding carboxylic acids is 12. The highest BCUT2D eigenvalue weighted by molar-refractivity contribution is 6.00. The van der Waals surface area contributed by atoms with Crippen molar-refractivity contribution in [1.29, 1.82) is 0 Å². The molecule has 0 radical (unpaired) electrons. The molecule has 27 heteroatoms. The molecular formula is C75H132N12O15. The van der Waals surface area contributed by atoms with Crippen molar-refractivity contribution in [3.8, 4) is 0 Å². The number of hydrogen-bond donors (Lipinski definition) is 6. The van der Waals surface area contributed by atoms with Crippen LogP contribution in [0.2, 0.25) is 0 Å². The van der Waals surface area contributed by atoms with Crippen LogP contribution in [0.4, 0.5) is 0 Å². The number of hydrogen-bond acceptors (Lipinski definition) is 15. The lowest BCUT2D eigenvalue weighted by Crippen LogP contribution is -2.62. The van der Waals surface area contributed by atoms with Gasteiger partial charge < -0.3 is 75.4 Å². The van der Waals surface area contributed by atoms with E-state index >= 15 is 24.0 Å². The van der Waals surface area contributed by atoms with Gasteiger partial charge in [0.15, 0.2) is 0 Å². The Kier molecular flexibility index (Phi) is 35.6. The van der Waals surface area contributed by atoms with Crippen LogP contribution in [0.5, 0.6) is 0 Å². The number of amides is 12. The molecular weight excluding hydrogens is 1310 g/mol. The Labute approximate surface area is 609 Å². The SMILES string of the molecule is CC[C@H]1C(=O)N[C@@H](CC(C)C)C(=O)N(C)[C@@H](CC(C)C)C(=O)N(C)[C@@H](CC2CCCCC2)C(=O)N[C@@H](CC2CCC(O)C(OC)C2)C(=O)N(C)[C@@H](CC(C)C)C(=O)N(C)[C@@H](CC(C)C)C(=O)N[C@@H]([C@@H](C)O)C(=O)N(C)CC(=O)N(C)[C@@H](CC(C)C)C(=O)N[C@H](C(=O)N2CCCCC2)CC(=O)N1C. The number of aliphatic hydroxyl groups excluding tert-OH is 2. The number of methoxy groups -OCH3 is 1. The molecule has 0 aromatic rings. The first kappa shape index (κ1) is 87.9. The van der Waals surface area contributed by atoms with Crippen molar-refractivity contribution in [2.75, 3.05) is 76.1 Å². The van der Waals surface area contributed by atoms with Crippen molar-refractivity contribution in [2.45, 2.75) is 290 Å². The summed E-state index contributed by atoms with van der Waals surface area (Å²) in [6, 6.07) is -12.9. The molecule has 4 fully saturated rings. The van der Waals surface area contributed by atoms with Crippen LogP contribution in [0, 0.1) is 41.4 Å². The molecule has 4 aliphatic rings. The first-order valence-electron chi connectivity index (χ1n) is 38.0. The summed E-state index contributed by atoms with van der Waals surface area (Å²) >= 11 is 0. The smallest absolute Gasteiger partial charge is 0.248 e. The zero-order valence-electron chi connectivity index (χ0n) is 65.6. The molecule has 3 unspecified atom stereocenters. The van der Waals surface area contributed by atoms with E-state index in [1.807, 2.05) is 69.2 Å². The number of rotatable bonds is 18. The molecule has 2 heterocycles. The molecule has 0 bridgehead atoms. The molecule has 12 amide bonds. The lowest BCUT2D eigenvalue weighted by molar-refractivity contribution is -0.152. The molecule has 6 N–H and O–H groups in total. The van der Waals surface area contributed by atoms with E-state index in [0.717, 1.165) is 48.3 Å². The van der Waals surface area contributed by atoms with Gasteiger partial charge in [0.1, 0.15) is 60.4 Å². The minimum absolute atomic E-state index is 0.00215. The Morgan fingerprint density at radius 1 is 0.461 bits per heavy atom. The molecule has 0 aromatic carbocycles. The van der Waals surface area contributed by atoms with Gasteiger partial charge in [0.05, 0.1) is 31.3 Å². The molecule has 2 aliphatic carbocycles. The van der Waals surface area contributed by atoms with Gasteiger partial charge >= 0.3 is 0 Å². The largest absolute Gasteiger partial charge is 0.391 e.